The second-order valence-electron chi connectivity index (χ2n) is 4.76. The molecule has 21 heavy (non-hydrogen) atoms. The van der Waals surface area contributed by atoms with Gasteiger partial charge < -0.3 is 14.2 Å². The number of methoxy groups -OCH3 is 1. The standard InChI is InChI=1S/C15H16O6/c1-19-15(18)14(17)6-13(16)11-3-2-4-12(5-11)21-9-10-7-20-8-10/h2-5,10H,6-9H2,1H3. The van der Waals surface area contributed by atoms with Gasteiger partial charge in [0.25, 0.3) is 0 Å². The summed E-state index contributed by atoms with van der Waals surface area (Å²) in [5.74, 6) is -1.38. The second-order valence-corrected chi connectivity index (χ2v) is 4.76. The zero-order valence-corrected chi connectivity index (χ0v) is 11.7. The van der Waals surface area contributed by atoms with Crippen LogP contribution in [0.15, 0.2) is 24.3 Å². The van der Waals surface area contributed by atoms with Crippen molar-refractivity contribution in [3.05, 3.63) is 29.8 Å². The Morgan fingerprint density at radius 2 is 2.05 bits per heavy atom. The Balaban J connectivity index is 1.93. The molecule has 112 valence electrons. The van der Waals surface area contributed by atoms with Crippen LogP contribution < -0.4 is 4.74 Å². The van der Waals surface area contributed by atoms with Crippen LogP contribution in [0.4, 0.5) is 0 Å². The molecule has 1 saturated heterocycles. The minimum atomic E-state index is -1.01. The molecule has 0 aliphatic carbocycles. The molecule has 1 aromatic rings. The van der Waals surface area contributed by atoms with Crippen LogP contribution in [0.5, 0.6) is 5.75 Å². The van der Waals surface area contributed by atoms with Crippen molar-refractivity contribution in [3.8, 4) is 5.75 Å². The van der Waals surface area contributed by atoms with E-state index >= 15 is 0 Å². The van der Waals surface area contributed by atoms with Gasteiger partial charge in [0.05, 0.1) is 33.4 Å². The van der Waals surface area contributed by atoms with Gasteiger partial charge >= 0.3 is 5.97 Å². The van der Waals surface area contributed by atoms with E-state index in [9.17, 15) is 14.4 Å². The molecule has 0 spiro atoms. The predicted molar refractivity (Wildman–Crippen MR) is 72.2 cm³/mol. The highest BCUT2D eigenvalue weighted by Gasteiger charge is 2.21. The van der Waals surface area contributed by atoms with Crippen molar-refractivity contribution < 1.29 is 28.6 Å². The van der Waals surface area contributed by atoms with Crippen LogP contribution in [0.2, 0.25) is 0 Å². The van der Waals surface area contributed by atoms with Gasteiger partial charge in [0.15, 0.2) is 5.78 Å². The third-order valence-corrected chi connectivity index (χ3v) is 3.08. The fourth-order valence-corrected chi connectivity index (χ4v) is 1.79. The number of carbonyl (C=O) groups is 3. The first-order valence-electron chi connectivity index (χ1n) is 6.55. The second kappa shape index (κ2) is 6.99. The number of ether oxygens (including phenoxy) is 3. The van der Waals surface area contributed by atoms with E-state index in [0.717, 1.165) is 7.11 Å². The summed E-state index contributed by atoms with van der Waals surface area (Å²) < 4.78 is 14.9. The lowest BCUT2D eigenvalue weighted by molar-refractivity contribution is -0.151. The molecule has 0 amide bonds. The molecule has 1 heterocycles. The third-order valence-electron chi connectivity index (χ3n) is 3.08. The smallest absolute Gasteiger partial charge is 0.374 e. The van der Waals surface area contributed by atoms with Crippen LogP contribution in [0.3, 0.4) is 0 Å². The lowest BCUT2D eigenvalue weighted by atomic mass is 10.1. The van der Waals surface area contributed by atoms with Crippen molar-refractivity contribution >= 4 is 17.5 Å². The van der Waals surface area contributed by atoms with Crippen molar-refractivity contribution in [1.82, 2.24) is 0 Å². The van der Waals surface area contributed by atoms with Crippen molar-refractivity contribution in [2.45, 2.75) is 6.42 Å². The lowest BCUT2D eigenvalue weighted by Crippen LogP contribution is -2.32. The normalized spacial score (nSPS) is 14.1. The zero-order chi connectivity index (χ0) is 15.2. The molecule has 0 saturated carbocycles. The molecule has 1 aliphatic rings. The van der Waals surface area contributed by atoms with E-state index in [2.05, 4.69) is 4.74 Å². The van der Waals surface area contributed by atoms with E-state index in [4.69, 9.17) is 9.47 Å². The lowest BCUT2D eigenvalue weighted by Gasteiger charge is -2.25. The first kappa shape index (κ1) is 15.2. The molecular weight excluding hydrogens is 276 g/mol. The summed E-state index contributed by atoms with van der Waals surface area (Å²) in [4.78, 5) is 34.3. The van der Waals surface area contributed by atoms with E-state index in [-0.39, 0.29) is 0 Å². The number of hydrogen-bond donors (Lipinski definition) is 0. The summed E-state index contributed by atoms with van der Waals surface area (Å²) in [5, 5.41) is 0. The Morgan fingerprint density at radius 3 is 2.67 bits per heavy atom. The van der Waals surface area contributed by atoms with Gasteiger partial charge in [-0.2, -0.15) is 0 Å². The fraction of sp³-hybridized carbons (Fsp3) is 0.400. The van der Waals surface area contributed by atoms with E-state index < -0.39 is 24.0 Å². The predicted octanol–water partition coefficient (Wildman–Crippen LogP) is 1.03. The number of esters is 1. The van der Waals surface area contributed by atoms with Crippen molar-refractivity contribution in [2.75, 3.05) is 26.9 Å². The summed E-state index contributed by atoms with van der Waals surface area (Å²) in [5.41, 5.74) is 0.328. The molecule has 1 aromatic carbocycles. The van der Waals surface area contributed by atoms with Gasteiger partial charge in [-0.25, -0.2) is 4.79 Å². The van der Waals surface area contributed by atoms with Gasteiger partial charge in [-0.3, -0.25) is 9.59 Å². The van der Waals surface area contributed by atoms with Crippen LogP contribution in [0, 0.1) is 5.92 Å². The Labute approximate surface area is 122 Å². The molecule has 0 N–H and O–H groups in total. The van der Waals surface area contributed by atoms with Gasteiger partial charge in [-0.1, -0.05) is 12.1 Å². The molecule has 0 bridgehead atoms. The summed E-state index contributed by atoms with van der Waals surface area (Å²) in [6.07, 6.45) is -0.507. The van der Waals surface area contributed by atoms with Gasteiger partial charge in [0, 0.05) is 11.5 Å². The van der Waals surface area contributed by atoms with Crippen molar-refractivity contribution in [1.29, 1.82) is 0 Å². The van der Waals surface area contributed by atoms with Crippen molar-refractivity contribution in [2.24, 2.45) is 5.92 Å². The SMILES string of the molecule is COC(=O)C(=O)CC(=O)c1cccc(OCC2COC2)c1. The largest absolute Gasteiger partial charge is 0.493 e. The number of rotatable bonds is 7. The minimum Gasteiger partial charge on any atom is -0.493 e. The van der Waals surface area contributed by atoms with Crippen LogP contribution in [-0.4, -0.2) is 44.5 Å². The molecule has 6 nitrogen and oxygen atoms in total. The first-order valence-corrected chi connectivity index (χ1v) is 6.55. The molecule has 0 unspecified atom stereocenters. The van der Waals surface area contributed by atoms with Crippen LogP contribution in [0.25, 0.3) is 0 Å². The van der Waals surface area contributed by atoms with Gasteiger partial charge in [-0.05, 0) is 12.1 Å². The van der Waals surface area contributed by atoms with E-state index in [1.807, 2.05) is 0 Å². The molecule has 2 rings (SSSR count). The Hall–Kier alpha value is -2.21. The molecular formula is C15H16O6. The van der Waals surface area contributed by atoms with E-state index in [1.165, 1.54) is 0 Å². The number of carbonyl (C=O) groups excluding carboxylic acids is 3. The van der Waals surface area contributed by atoms with Crippen LogP contribution >= 0.6 is 0 Å². The average molecular weight is 292 g/mol. The van der Waals surface area contributed by atoms with Gasteiger partial charge in [-0.15, -0.1) is 0 Å². The highest BCUT2D eigenvalue weighted by atomic mass is 16.5. The minimum absolute atomic E-state index is 0.328. The molecule has 1 aliphatic heterocycles. The molecule has 0 atom stereocenters. The third kappa shape index (κ3) is 4.13. The maximum Gasteiger partial charge on any atom is 0.374 e. The summed E-state index contributed by atoms with van der Waals surface area (Å²) in [6.45, 7) is 1.90. The number of benzene rings is 1. The number of Topliss-reactive ketones (excluding diaryl/α,β-unsaturated/α-hetero) is 2. The number of ketones is 2. The Bertz CT molecular complexity index is 547. The van der Waals surface area contributed by atoms with Gasteiger partial charge in [0.2, 0.25) is 5.78 Å². The van der Waals surface area contributed by atoms with E-state index in [1.54, 1.807) is 24.3 Å². The Morgan fingerprint density at radius 1 is 1.29 bits per heavy atom. The maximum atomic E-state index is 11.9. The van der Waals surface area contributed by atoms with Crippen molar-refractivity contribution in [3.63, 3.8) is 0 Å². The van der Waals surface area contributed by atoms with E-state index in [0.29, 0.717) is 37.1 Å². The van der Waals surface area contributed by atoms with Crippen LogP contribution in [0.1, 0.15) is 16.8 Å². The maximum absolute atomic E-state index is 11.9. The fourth-order valence-electron chi connectivity index (χ4n) is 1.79. The summed E-state index contributed by atoms with van der Waals surface area (Å²) >= 11 is 0. The van der Waals surface area contributed by atoms with Gasteiger partial charge in [0.1, 0.15) is 5.75 Å². The Kier molecular flexibility index (Phi) is 5.05. The molecule has 0 radical (unpaired) electrons. The molecule has 6 heteroatoms. The first-order chi connectivity index (χ1) is 10.1. The topological polar surface area (TPSA) is 78.9 Å². The average Bonchev–Trinajstić information content (AvgIpc) is 2.45. The molecule has 0 aromatic heterocycles. The molecule has 1 fully saturated rings. The zero-order valence-electron chi connectivity index (χ0n) is 11.7. The summed E-state index contributed by atoms with van der Waals surface area (Å²) in [6, 6.07) is 6.54. The number of hydrogen-bond acceptors (Lipinski definition) is 6. The monoisotopic (exact) mass is 292 g/mol. The quantitative estimate of drug-likeness (QED) is 0.323. The highest BCUT2D eigenvalue weighted by Crippen LogP contribution is 2.18. The van der Waals surface area contributed by atoms with Crippen LogP contribution in [-0.2, 0) is 19.1 Å². The highest BCUT2D eigenvalue weighted by molar-refractivity contribution is 6.38. The summed E-state index contributed by atoms with van der Waals surface area (Å²) in [7, 11) is 1.10.